The molecule has 1 saturated heterocycles. The predicted octanol–water partition coefficient (Wildman–Crippen LogP) is 3.12. The van der Waals surface area contributed by atoms with Crippen molar-refractivity contribution in [2.24, 2.45) is 5.10 Å². The quantitative estimate of drug-likeness (QED) is 0.170. The zero-order chi connectivity index (χ0) is 23.2. The van der Waals surface area contributed by atoms with E-state index in [1.165, 1.54) is 18.3 Å². The highest BCUT2D eigenvalue weighted by molar-refractivity contribution is 14.1. The van der Waals surface area contributed by atoms with Gasteiger partial charge >= 0.3 is 0 Å². The van der Waals surface area contributed by atoms with Crippen molar-refractivity contribution in [3.8, 4) is 5.75 Å². The lowest BCUT2D eigenvalue weighted by Gasteiger charge is -2.27. The Morgan fingerprint density at radius 1 is 1.15 bits per heavy atom. The number of nitrogens with one attached hydrogen (secondary N) is 2. The van der Waals surface area contributed by atoms with E-state index in [0.717, 1.165) is 3.57 Å². The van der Waals surface area contributed by atoms with Crippen LogP contribution in [-0.2, 0) is 4.74 Å². The highest BCUT2D eigenvalue weighted by atomic mass is 127. The molecule has 4 rings (SSSR count). The average molecular weight is 562 g/mol. The number of phenolic OH excluding ortho intramolecular Hbond substituents is 1. The van der Waals surface area contributed by atoms with Crippen molar-refractivity contribution in [3.63, 3.8) is 0 Å². The summed E-state index contributed by atoms with van der Waals surface area (Å²) < 4.78 is 6.34. The molecule has 0 amide bonds. The van der Waals surface area contributed by atoms with E-state index < -0.39 is 4.92 Å². The number of non-ortho nitro benzene ring substituents is 1. The van der Waals surface area contributed by atoms with Gasteiger partial charge in [0, 0.05) is 40.0 Å². The number of morpholine rings is 1. The molecule has 3 N–H and O–H groups in total. The molecule has 0 aliphatic carbocycles. The van der Waals surface area contributed by atoms with Gasteiger partial charge in [0.1, 0.15) is 5.75 Å². The second-order valence-electron chi connectivity index (χ2n) is 6.89. The molecular formula is C20H19IN8O4. The number of hydrogen-bond acceptors (Lipinski definition) is 11. The van der Waals surface area contributed by atoms with Crippen molar-refractivity contribution < 1.29 is 14.8 Å². The lowest BCUT2D eigenvalue weighted by molar-refractivity contribution is -0.384. The van der Waals surface area contributed by atoms with Crippen LogP contribution in [0.5, 0.6) is 5.75 Å². The van der Waals surface area contributed by atoms with E-state index >= 15 is 0 Å². The molecule has 0 bridgehead atoms. The topological polar surface area (TPSA) is 151 Å². The van der Waals surface area contributed by atoms with Gasteiger partial charge in [-0.3, -0.25) is 10.1 Å². The fourth-order valence-electron chi connectivity index (χ4n) is 2.99. The van der Waals surface area contributed by atoms with Gasteiger partial charge in [0.25, 0.3) is 5.69 Å². The van der Waals surface area contributed by atoms with Gasteiger partial charge in [-0.15, -0.1) is 0 Å². The van der Waals surface area contributed by atoms with Crippen molar-refractivity contribution in [2.45, 2.75) is 0 Å². The molecule has 0 unspecified atom stereocenters. The Morgan fingerprint density at radius 2 is 1.94 bits per heavy atom. The number of phenols is 1. The summed E-state index contributed by atoms with van der Waals surface area (Å²) in [7, 11) is 0. The SMILES string of the molecule is O=[N+]([O-])c1cccc(Nc2nc(NN=Cc3cc(I)ccc3O)nc(N3CCOCC3)n2)c1. The molecule has 0 saturated carbocycles. The first kappa shape index (κ1) is 22.6. The molecule has 2 aromatic carbocycles. The molecule has 0 radical (unpaired) electrons. The summed E-state index contributed by atoms with van der Waals surface area (Å²) in [5.74, 6) is 0.872. The Hall–Kier alpha value is -3.59. The summed E-state index contributed by atoms with van der Waals surface area (Å²) >= 11 is 2.14. The Kier molecular flexibility index (Phi) is 7.09. The zero-order valence-corrected chi connectivity index (χ0v) is 19.3. The number of nitro benzene ring substituents is 1. The van der Waals surface area contributed by atoms with Crippen molar-refractivity contribution in [3.05, 3.63) is 61.7 Å². The van der Waals surface area contributed by atoms with E-state index in [2.05, 4.69) is 53.4 Å². The summed E-state index contributed by atoms with van der Waals surface area (Å²) in [4.78, 5) is 25.7. The maximum Gasteiger partial charge on any atom is 0.271 e. The van der Waals surface area contributed by atoms with Crippen LogP contribution in [0.25, 0.3) is 0 Å². The summed E-state index contributed by atoms with van der Waals surface area (Å²) in [6.07, 6.45) is 1.46. The maximum atomic E-state index is 11.1. The number of aromatic nitrogens is 3. The number of nitro groups is 1. The molecule has 1 aromatic heterocycles. The van der Waals surface area contributed by atoms with Gasteiger partial charge in [-0.1, -0.05) is 6.07 Å². The Balaban J connectivity index is 1.60. The van der Waals surface area contributed by atoms with E-state index in [-0.39, 0.29) is 23.3 Å². The fraction of sp³-hybridized carbons (Fsp3) is 0.200. The van der Waals surface area contributed by atoms with Gasteiger partial charge in [0.05, 0.1) is 24.4 Å². The van der Waals surface area contributed by atoms with E-state index in [9.17, 15) is 15.2 Å². The van der Waals surface area contributed by atoms with Crippen LogP contribution in [0.4, 0.5) is 29.2 Å². The number of ether oxygens (including phenoxy) is 1. The standard InChI is InChI=1S/C20H19IN8O4/c21-14-4-5-17(30)13(10-14)12-22-27-19-24-18(23-15-2-1-3-16(11-15)29(31)32)25-20(26-19)28-6-8-33-9-7-28/h1-5,10-12,30H,6-9H2,(H2,23,24,25,26,27). The van der Waals surface area contributed by atoms with Crippen LogP contribution in [-0.4, -0.2) is 57.5 Å². The molecule has 1 fully saturated rings. The second kappa shape index (κ2) is 10.4. The van der Waals surface area contributed by atoms with E-state index in [1.807, 2.05) is 4.90 Å². The number of hydrazone groups is 1. The number of hydrogen-bond donors (Lipinski definition) is 3. The summed E-state index contributed by atoms with van der Waals surface area (Å²) in [6, 6.07) is 11.2. The fourth-order valence-corrected chi connectivity index (χ4v) is 3.51. The van der Waals surface area contributed by atoms with E-state index in [1.54, 1.807) is 30.3 Å². The van der Waals surface area contributed by atoms with Crippen LogP contribution in [0.1, 0.15) is 5.56 Å². The van der Waals surface area contributed by atoms with Crippen molar-refractivity contribution in [2.75, 3.05) is 41.9 Å². The zero-order valence-electron chi connectivity index (χ0n) is 17.2. The third-order valence-electron chi connectivity index (χ3n) is 4.59. The van der Waals surface area contributed by atoms with Crippen LogP contribution >= 0.6 is 22.6 Å². The molecule has 0 atom stereocenters. The highest BCUT2D eigenvalue weighted by Gasteiger charge is 2.17. The van der Waals surface area contributed by atoms with Crippen LogP contribution in [0.15, 0.2) is 47.6 Å². The average Bonchev–Trinajstić information content (AvgIpc) is 2.82. The first-order valence-electron chi connectivity index (χ1n) is 9.86. The normalized spacial score (nSPS) is 13.8. The third kappa shape index (κ3) is 6.01. The van der Waals surface area contributed by atoms with Crippen molar-refractivity contribution in [1.29, 1.82) is 0 Å². The number of anilines is 4. The van der Waals surface area contributed by atoms with Gasteiger partial charge < -0.3 is 20.1 Å². The second-order valence-corrected chi connectivity index (χ2v) is 8.13. The summed E-state index contributed by atoms with van der Waals surface area (Å²) in [5.41, 5.74) is 3.70. The summed E-state index contributed by atoms with van der Waals surface area (Å²) in [5, 5.41) is 28.2. The first-order chi connectivity index (χ1) is 16.0. The molecule has 33 heavy (non-hydrogen) atoms. The minimum atomic E-state index is -0.473. The van der Waals surface area contributed by atoms with Crippen LogP contribution in [0.3, 0.4) is 0 Å². The number of nitrogens with zero attached hydrogens (tertiary/aromatic N) is 6. The minimum absolute atomic E-state index is 0.0530. The molecule has 170 valence electrons. The largest absolute Gasteiger partial charge is 0.507 e. The van der Waals surface area contributed by atoms with Gasteiger partial charge in [-0.05, 0) is 46.9 Å². The molecule has 0 spiro atoms. The molecule has 13 heteroatoms. The van der Waals surface area contributed by atoms with Crippen LogP contribution in [0, 0.1) is 13.7 Å². The number of aromatic hydroxyl groups is 1. The van der Waals surface area contributed by atoms with Crippen LogP contribution in [0.2, 0.25) is 0 Å². The number of benzene rings is 2. The Bertz CT molecular complexity index is 1190. The van der Waals surface area contributed by atoms with Crippen LogP contribution < -0.4 is 15.6 Å². The third-order valence-corrected chi connectivity index (χ3v) is 5.26. The van der Waals surface area contributed by atoms with Gasteiger partial charge in [-0.25, -0.2) is 5.43 Å². The molecule has 3 aromatic rings. The number of halogens is 1. The van der Waals surface area contributed by atoms with Gasteiger partial charge in [0.15, 0.2) is 0 Å². The molecule has 12 nitrogen and oxygen atoms in total. The van der Waals surface area contributed by atoms with E-state index in [0.29, 0.717) is 43.5 Å². The molecule has 1 aliphatic rings. The summed E-state index contributed by atoms with van der Waals surface area (Å²) in [6.45, 7) is 2.32. The number of rotatable bonds is 7. The highest BCUT2D eigenvalue weighted by Crippen LogP contribution is 2.22. The molecular weight excluding hydrogens is 543 g/mol. The molecule has 2 heterocycles. The Morgan fingerprint density at radius 3 is 2.73 bits per heavy atom. The smallest absolute Gasteiger partial charge is 0.271 e. The lowest BCUT2D eigenvalue weighted by atomic mass is 10.2. The maximum absolute atomic E-state index is 11.1. The predicted molar refractivity (Wildman–Crippen MR) is 131 cm³/mol. The van der Waals surface area contributed by atoms with Gasteiger partial charge in [-0.2, -0.15) is 20.1 Å². The van der Waals surface area contributed by atoms with Gasteiger partial charge in [0.2, 0.25) is 17.8 Å². The van der Waals surface area contributed by atoms with Crippen molar-refractivity contribution in [1.82, 2.24) is 15.0 Å². The monoisotopic (exact) mass is 562 g/mol. The molecule has 1 aliphatic heterocycles. The first-order valence-corrected chi connectivity index (χ1v) is 10.9. The van der Waals surface area contributed by atoms with E-state index in [4.69, 9.17) is 4.74 Å². The lowest BCUT2D eigenvalue weighted by Crippen LogP contribution is -2.37. The Labute approximate surface area is 202 Å². The van der Waals surface area contributed by atoms with Crippen molar-refractivity contribution >= 4 is 58.0 Å². The minimum Gasteiger partial charge on any atom is -0.507 e.